The average molecular weight is 331 g/mol. The van der Waals surface area contributed by atoms with E-state index in [0.29, 0.717) is 24.7 Å². The molecule has 2 rings (SSSR count). The van der Waals surface area contributed by atoms with E-state index in [1.807, 2.05) is 24.3 Å². The number of rotatable bonds is 11. The first-order valence-electron chi connectivity index (χ1n) is 8.42. The Balaban J connectivity index is 1.68. The largest absolute Gasteiger partial charge is 0.493 e. The maximum Gasteiger partial charge on any atom is 0.258 e. The van der Waals surface area contributed by atoms with Gasteiger partial charge in [0.25, 0.3) is 5.91 Å². The normalized spacial score (nSPS) is 10.4. The van der Waals surface area contributed by atoms with Gasteiger partial charge in [-0.1, -0.05) is 32.3 Å². The number of furan rings is 1. The predicted molar refractivity (Wildman–Crippen MR) is 92.1 cm³/mol. The average Bonchev–Trinajstić information content (AvgIpc) is 3.12. The van der Waals surface area contributed by atoms with Crippen LogP contribution in [0.2, 0.25) is 0 Å². The van der Waals surface area contributed by atoms with E-state index in [-0.39, 0.29) is 12.5 Å². The Kier molecular flexibility index (Phi) is 7.74. The highest BCUT2D eigenvalue weighted by Gasteiger charge is 2.05. The second-order valence-corrected chi connectivity index (χ2v) is 5.53. The van der Waals surface area contributed by atoms with Gasteiger partial charge in [0.15, 0.2) is 6.61 Å². The van der Waals surface area contributed by atoms with E-state index in [4.69, 9.17) is 13.9 Å². The van der Waals surface area contributed by atoms with Gasteiger partial charge in [-0.15, -0.1) is 0 Å². The van der Waals surface area contributed by atoms with Crippen molar-refractivity contribution in [2.24, 2.45) is 0 Å². The molecule has 0 saturated carbocycles. The van der Waals surface area contributed by atoms with Crippen molar-refractivity contribution in [2.45, 2.75) is 39.2 Å². The van der Waals surface area contributed by atoms with E-state index in [1.165, 1.54) is 19.3 Å². The summed E-state index contributed by atoms with van der Waals surface area (Å²) in [6.45, 7) is 3.20. The summed E-state index contributed by atoms with van der Waals surface area (Å²) >= 11 is 0. The minimum absolute atomic E-state index is 0.0410. The summed E-state index contributed by atoms with van der Waals surface area (Å²) in [5, 5.41) is 2.73. The van der Waals surface area contributed by atoms with Crippen LogP contribution in [-0.2, 0) is 11.3 Å². The molecule has 0 saturated heterocycles. The number of hydrogen-bond donors (Lipinski definition) is 1. The minimum Gasteiger partial charge on any atom is -0.493 e. The summed E-state index contributed by atoms with van der Waals surface area (Å²) in [7, 11) is 0. The quantitative estimate of drug-likeness (QED) is 0.634. The molecule has 5 nitrogen and oxygen atoms in total. The zero-order valence-electron chi connectivity index (χ0n) is 14.1. The van der Waals surface area contributed by atoms with Crippen LogP contribution in [0.15, 0.2) is 47.1 Å². The van der Waals surface area contributed by atoms with Crippen molar-refractivity contribution in [3.63, 3.8) is 0 Å². The van der Waals surface area contributed by atoms with Gasteiger partial charge in [0.05, 0.1) is 19.4 Å². The molecule has 0 atom stereocenters. The van der Waals surface area contributed by atoms with Crippen molar-refractivity contribution in [1.82, 2.24) is 5.32 Å². The van der Waals surface area contributed by atoms with E-state index >= 15 is 0 Å². The summed E-state index contributed by atoms with van der Waals surface area (Å²) in [5.41, 5.74) is 0. The molecule has 0 fully saturated rings. The van der Waals surface area contributed by atoms with E-state index in [9.17, 15) is 4.79 Å². The monoisotopic (exact) mass is 331 g/mol. The molecule has 24 heavy (non-hydrogen) atoms. The van der Waals surface area contributed by atoms with Gasteiger partial charge in [-0.25, -0.2) is 0 Å². The van der Waals surface area contributed by atoms with Crippen LogP contribution in [0.4, 0.5) is 0 Å². The molecule has 0 bridgehead atoms. The zero-order chi connectivity index (χ0) is 17.0. The first-order chi connectivity index (χ1) is 11.8. The highest BCUT2D eigenvalue weighted by Crippen LogP contribution is 2.19. The molecule has 1 amide bonds. The lowest BCUT2D eigenvalue weighted by Crippen LogP contribution is -2.28. The topological polar surface area (TPSA) is 60.7 Å². The molecule has 1 heterocycles. The summed E-state index contributed by atoms with van der Waals surface area (Å²) < 4.78 is 16.4. The molecule has 1 N–H and O–H groups in total. The Labute approximate surface area is 143 Å². The number of nitrogens with one attached hydrogen (secondary N) is 1. The Morgan fingerprint density at radius 2 is 1.92 bits per heavy atom. The molecule has 5 heteroatoms. The molecule has 0 aliphatic carbocycles. The minimum atomic E-state index is -0.197. The third-order valence-corrected chi connectivity index (χ3v) is 3.48. The number of hydrogen-bond acceptors (Lipinski definition) is 4. The number of unbranched alkanes of at least 4 members (excludes halogenated alkanes) is 3. The van der Waals surface area contributed by atoms with Crippen molar-refractivity contribution >= 4 is 5.91 Å². The summed E-state index contributed by atoms with van der Waals surface area (Å²) in [6.07, 6.45) is 6.26. The number of amides is 1. The molecule has 130 valence electrons. The van der Waals surface area contributed by atoms with E-state index in [1.54, 1.807) is 18.4 Å². The second kappa shape index (κ2) is 10.4. The lowest BCUT2D eigenvalue weighted by molar-refractivity contribution is -0.123. The third-order valence-electron chi connectivity index (χ3n) is 3.48. The van der Waals surface area contributed by atoms with Gasteiger partial charge < -0.3 is 19.2 Å². The van der Waals surface area contributed by atoms with Crippen molar-refractivity contribution in [3.8, 4) is 11.5 Å². The van der Waals surface area contributed by atoms with E-state index in [0.717, 1.165) is 12.2 Å². The van der Waals surface area contributed by atoms with Crippen LogP contribution in [0.1, 0.15) is 38.4 Å². The van der Waals surface area contributed by atoms with Gasteiger partial charge in [0, 0.05) is 6.07 Å². The van der Waals surface area contributed by atoms with E-state index < -0.39 is 0 Å². The molecule has 0 radical (unpaired) electrons. The van der Waals surface area contributed by atoms with Crippen LogP contribution < -0.4 is 14.8 Å². The SMILES string of the molecule is CCCCCCOc1cccc(OCC(=O)NCc2ccco2)c1. The molecule has 1 aromatic carbocycles. The fourth-order valence-electron chi connectivity index (χ4n) is 2.17. The van der Waals surface area contributed by atoms with Crippen LogP contribution in [0.25, 0.3) is 0 Å². The Bertz CT molecular complexity index is 595. The lowest BCUT2D eigenvalue weighted by Gasteiger charge is -2.09. The van der Waals surface area contributed by atoms with Crippen molar-refractivity contribution in [1.29, 1.82) is 0 Å². The van der Waals surface area contributed by atoms with Crippen LogP contribution in [0.3, 0.4) is 0 Å². The molecule has 0 unspecified atom stereocenters. The van der Waals surface area contributed by atoms with Gasteiger partial charge >= 0.3 is 0 Å². The second-order valence-electron chi connectivity index (χ2n) is 5.53. The number of carbonyl (C=O) groups excluding carboxylic acids is 1. The third kappa shape index (κ3) is 6.77. The zero-order valence-corrected chi connectivity index (χ0v) is 14.1. The van der Waals surface area contributed by atoms with Gasteiger partial charge in [-0.3, -0.25) is 4.79 Å². The number of carbonyl (C=O) groups is 1. The lowest BCUT2D eigenvalue weighted by atomic mass is 10.2. The summed E-state index contributed by atoms with van der Waals surface area (Å²) in [4.78, 5) is 11.8. The molecule has 0 aliphatic rings. The molecular weight excluding hydrogens is 306 g/mol. The Morgan fingerprint density at radius 1 is 1.08 bits per heavy atom. The van der Waals surface area contributed by atoms with Crippen molar-refractivity contribution in [3.05, 3.63) is 48.4 Å². The standard InChI is InChI=1S/C19H25NO4/c1-2-3-4-5-11-22-16-8-6-9-17(13-16)24-15-19(21)20-14-18-10-7-12-23-18/h6-10,12-13H,2-5,11,14-15H2,1H3,(H,20,21). The fourth-order valence-corrected chi connectivity index (χ4v) is 2.17. The highest BCUT2D eigenvalue weighted by atomic mass is 16.5. The number of benzene rings is 1. The molecule has 1 aromatic heterocycles. The van der Waals surface area contributed by atoms with Crippen molar-refractivity contribution < 1.29 is 18.7 Å². The van der Waals surface area contributed by atoms with Crippen LogP contribution >= 0.6 is 0 Å². The van der Waals surface area contributed by atoms with Gasteiger partial charge in [-0.05, 0) is 30.7 Å². The maximum absolute atomic E-state index is 11.8. The Morgan fingerprint density at radius 3 is 2.67 bits per heavy atom. The number of ether oxygens (including phenoxy) is 2. The highest BCUT2D eigenvalue weighted by molar-refractivity contribution is 5.77. The fraction of sp³-hybridized carbons (Fsp3) is 0.421. The summed E-state index contributed by atoms with van der Waals surface area (Å²) in [6, 6.07) is 11.0. The summed E-state index contributed by atoms with van der Waals surface area (Å²) in [5.74, 6) is 1.90. The van der Waals surface area contributed by atoms with Crippen LogP contribution in [0, 0.1) is 0 Å². The molecule has 2 aromatic rings. The maximum atomic E-state index is 11.8. The van der Waals surface area contributed by atoms with Crippen LogP contribution in [-0.4, -0.2) is 19.1 Å². The first kappa shape index (κ1) is 17.9. The van der Waals surface area contributed by atoms with Gasteiger partial charge in [-0.2, -0.15) is 0 Å². The Hall–Kier alpha value is -2.43. The predicted octanol–water partition coefficient (Wildman–Crippen LogP) is 3.93. The van der Waals surface area contributed by atoms with Crippen LogP contribution in [0.5, 0.6) is 11.5 Å². The molecular formula is C19H25NO4. The molecule has 0 aliphatic heterocycles. The van der Waals surface area contributed by atoms with Gasteiger partial charge in [0.2, 0.25) is 0 Å². The first-order valence-corrected chi connectivity index (χ1v) is 8.42. The van der Waals surface area contributed by atoms with Crippen molar-refractivity contribution in [2.75, 3.05) is 13.2 Å². The molecule has 0 spiro atoms. The smallest absolute Gasteiger partial charge is 0.258 e. The van der Waals surface area contributed by atoms with E-state index in [2.05, 4.69) is 12.2 Å². The van der Waals surface area contributed by atoms with Gasteiger partial charge in [0.1, 0.15) is 17.3 Å².